The van der Waals surface area contributed by atoms with Crippen molar-refractivity contribution in [1.29, 1.82) is 0 Å². The van der Waals surface area contributed by atoms with Crippen molar-refractivity contribution in [2.24, 2.45) is 0 Å². The fraction of sp³-hybridized carbons (Fsp3) is 0.533. The van der Waals surface area contributed by atoms with Crippen molar-refractivity contribution >= 4 is 53.0 Å². The molecule has 1 atom stereocenters. The van der Waals surface area contributed by atoms with E-state index in [1.807, 2.05) is 31.3 Å². The van der Waals surface area contributed by atoms with Crippen LogP contribution in [0.2, 0.25) is 10.0 Å². The van der Waals surface area contributed by atoms with Crippen LogP contribution >= 0.6 is 35.6 Å². The molecule has 0 saturated carbocycles. The highest BCUT2D eigenvalue weighted by molar-refractivity contribution is 6.43. The highest BCUT2D eigenvalue weighted by Crippen LogP contribution is 2.33. The van der Waals surface area contributed by atoms with Crippen LogP contribution in [0.25, 0.3) is 0 Å². The predicted molar refractivity (Wildman–Crippen MR) is 165 cm³/mol. The SMILES string of the molecule is CCOC(=O)CCCN1C=COC(C2=C(OCCCCN3CCN(c4cccc(Cl)c4Cl)CC3)C=CC(=O)C2)C1.Cl. The number of halogens is 3. The minimum atomic E-state index is -0.263. The number of anilines is 1. The fourth-order valence-corrected chi connectivity index (χ4v) is 5.56. The van der Waals surface area contributed by atoms with E-state index in [2.05, 4.69) is 14.7 Å². The van der Waals surface area contributed by atoms with Crippen molar-refractivity contribution in [3.05, 3.63) is 64.2 Å². The Morgan fingerprint density at radius 3 is 2.66 bits per heavy atom. The molecule has 41 heavy (non-hydrogen) atoms. The Morgan fingerprint density at radius 2 is 1.88 bits per heavy atom. The number of ketones is 1. The summed E-state index contributed by atoms with van der Waals surface area (Å²) in [7, 11) is 0. The normalized spacial score (nSPS) is 19.2. The first kappa shape index (κ1) is 33.1. The second-order valence-electron chi connectivity index (χ2n) is 10.1. The van der Waals surface area contributed by atoms with Gasteiger partial charge >= 0.3 is 5.97 Å². The number of carbonyl (C=O) groups excluding carboxylic acids is 2. The average Bonchev–Trinajstić information content (AvgIpc) is 2.96. The van der Waals surface area contributed by atoms with Crippen LogP contribution in [0.15, 0.2) is 54.1 Å². The van der Waals surface area contributed by atoms with E-state index in [1.165, 1.54) is 0 Å². The van der Waals surface area contributed by atoms with Gasteiger partial charge in [0.15, 0.2) is 5.78 Å². The van der Waals surface area contributed by atoms with Gasteiger partial charge in [-0.2, -0.15) is 0 Å². The maximum atomic E-state index is 12.2. The van der Waals surface area contributed by atoms with E-state index in [9.17, 15) is 9.59 Å². The summed E-state index contributed by atoms with van der Waals surface area (Å²) < 4.78 is 17.1. The lowest BCUT2D eigenvalue weighted by Crippen LogP contribution is -2.46. The summed E-state index contributed by atoms with van der Waals surface area (Å²) in [6, 6.07) is 5.78. The smallest absolute Gasteiger partial charge is 0.305 e. The summed E-state index contributed by atoms with van der Waals surface area (Å²) in [5, 5.41) is 1.21. The molecule has 8 nitrogen and oxygen atoms in total. The van der Waals surface area contributed by atoms with Gasteiger partial charge < -0.3 is 24.0 Å². The van der Waals surface area contributed by atoms with Crippen molar-refractivity contribution < 1.29 is 23.8 Å². The highest BCUT2D eigenvalue weighted by Gasteiger charge is 2.28. The minimum absolute atomic E-state index is 0. The van der Waals surface area contributed by atoms with Crippen LogP contribution in [0.3, 0.4) is 0 Å². The second kappa shape index (κ2) is 16.9. The molecule has 0 aromatic heterocycles. The molecule has 1 aromatic rings. The standard InChI is InChI=1S/C30H39Cl2N3O5.ClH/c1-2-38-29(37)9-6-13-34-18-20-40-28(22-34)24-21-23(36)10-11-27(24)39-19-4-3-12-33-14-16-35(17-15-33)26-8-5-7-25(31)30(26)32;/h5,7-8,10-11,18,20,28H,2-4,6,9,12-17,19,21-22H2,1H3;1H. The number of unbranched alkanes of at least 4 members (excludes halogenated alkanes) is 1. The van der Waals surface area contributed by atoms with Crippen molar-refractivity contribution in [1.82, 2.24) is 9.80 Å². The number of hydrogen-bond donors (Lipinski definition) is 0. The molecule has 226 valence electrons. The number of esters is 1. The summed E-state index contributed by atoms with van der Waals surface area (Å²) in [5.74, 6) is 0.605. The molecule has 1 saturated heterocycles. The molecule has 1 fully saturated rings. The van der Waals surface area contributed by atoms with Gasteiger partial charge in [-0.05, 0) is 57.0 Å². The molecule has 4 rings (SSSR count). The first-order valence-corrected chi connectivity index (χ1v) is 14.9. The third-order valence-electron chi connectivity index (χ3n) is 7.31. The summed E-state index contributed by atoms with van der Waals surface area (Å²) in [5.41, 5.74) is 1.88. The van der Waals surface area contributed by atoms with Crippen molar-refractivity contribution in [3.63, 3.8) is 0 Å². The number of ether oxygens (including phenoxy) is 3. The second-order valence-corrected chi connectivity index (χ2v) is 10.9. The van der Waals surface area contributed by atoms with Gasteiger partial charge in [0, 0.05) is 57.3 Å². The van der Waals surface area contributed by atoms with E-state index in [0.717, 1.165) is 62.6 Å². The molecule has 2 heterocycles. The number of hydrogen-bond acceptors (Lipinski definition) is 8. The van der Waals surface area contributed by atoms with Crippen molar-refractivity contribution in [2.45, 2.75) is 45.1 Å². The molecular weight excluding hydrogens is 589 g/mol. The Kier molecular flexibility index (Phi) is 13.7. The Balaban J connectivity index is 0.00000462. The lowest BCUT2D eigenvalue weighted by molar-refractivity contribution is -0.143. The van der Waals surface area contributed by atoms with Gasteiger partial charge in [-0.3, -0.25) is 14.5 Å². The van der Waals surface area contributed by atoms with Gasteiger partial charge in [-0.25, -0.2) is 0 Å². The number of rotatable bonds is 13. The van der Waals surface area contributed by atoms with Crippen LogP contribution in [0.1, 0.15) is 39.0 Å². The van der Waals surface area contributed by atoms with Crippen LogP contribution in [-0.4, -0.2) is 86.7 Å². The van der Waals surface area contributed by atoms with E-state index < -0.39 is 0 Å². The molecule has 0 radical (unpaired) electrons. The summed E-state index contributed by atoms with van der Waals surface area (Å²) >= 11 is 12.6. The van der Waals surface area contributed by atoms with Gasteiger partial charge in [-0.1, -0.05) is 29.3 Å². The van der Waals surface area contributed by atoms with Gasteiger partial charge in [0.25, 0.3) is 0 Å². The largest absolute Gasteiger partial charge is 0.493 e. The molecular formula is C30H40Cl3N3O5. The van der Waals surface area contributed by atoms with Gasteiger partial charge in [-0.15, -0.1) is 12.4 Å². The van der Waals surface area contributed by atoms with E-state index >= 15 is 0 Å². The number of nitrogens with zero attached hydrogens (tertiary/aromatic N) is 3. The third kappa shape index (κ3) is 9.84. The third-order valence-corrected chi connectivity index (χ3v) is 8.12. The summed E-state index contributed by atoms with van der Waals surface area (Å²) in [6.45, 7) is 8.91. The van der Waals surface area contributed by atoms with E-state index in [1.54, 1.807) is 18.4 Å². The van der Waals surface area contributed by atoms with Crippen LogP contribution in [0.4, 0.5) is 5.69 Å². The van der Waals surface area contributed by atoms with Gasteiger partial charge in [0.2, 0.25) is 0 Å². The van der Waals surface area contributed by atoms with Crippen molar-refractivity contribution in [3.8, 4) is 0 Å². The topological polar surface area (TPSA) is 71.6 Å². The Labute approximate surface area is 259 Å². The number of benzene rings is 1. The van der Waals surface area contributed by atoms with E-state index in [4.69, 9.17) is 37.4 Å². The molecule has 11 heteroatoms. The van der Waals surface area contributed by atoms with Crippen LogP contribution in [0, 0.1) is 0 Å². The fourth-order valence-electron chi connectivity index (χ4n) is 5.14. The first-order chi connectivity index (χ1) is 19.4. The minimum Gasteiger partial charge on any atom is -0.493 e. The zero-order chi connectivity index (χ0) is 28.3. The van der Waals surface area contributed by atoms with Gasteiger partial charge in [0.1, 0.15) is 11.9 Å². The van der Waals surface area contributed by atoms with Crippen molar-refractivity contribution in [2.75, 3.05) is 63.9 Å². The van der Waals surface area contributed by atoms with E-state index in [-0.39, 0.29) is 30.3 Å². The molecule has 0 bridgehead atoms. The maximum absolute atomic E-state index is 12.2. The van der Waals surface area contributed by atoms with Crippen LogP contribution in [-0.2, 0) is 23.8 Å². The summed E-state index contributed by atoms with van der Waals surface area (Å²) in [4.78, 5) is 30.7. The number of piperazine rings is 1. The van der Waals surface area contributed by atoms with Crippen LogP contribution < -0.4 is 4.90 Å². The zero-order valence-corrected chi connectivity index (χ0v) is 25.9. The summed E-state index contributed by atoms with van der Waals surface area (Å²) in [6.07, 6.45) is 9.95. The Bertz CT molecular complexity index is 1120. The number of allylic oxidation sites excluding steroid dienone is 2. The van der Waals surface area contributed by atoms with E-state index in [0.29, 0.717) is 55.6 Å². The molecule has 0 N–H and O–H groups in total. The number of carbonyl (C=O) groups is 2. The van der Waals surface area contributed by atoms with Crippen LogP contribution in [0.5, 0.6) is 0 Å². The quantitative estimate of drug-likeness (QED) is 0.206. The van der Waals surface area contributed by atoms with Gasteiger partial charge in [0.05, 0.1) is 41.8 Å². The highest BCUT2D eigenvalue weighted by atomic mass is 35.5. The predicted octanol–water partition coefficient (Wildman–Crippen LogP) is 5.63. The molecule has 1 unspecified atom stereocenters. The Hall–Kier alpha value is -2.39. The molecule has 1 aliphatic carbocycles. The average molecular weight is 629 g/mol. The lowest BCUT2D eigenvalue weighted by atomic mass is 9.96. The lowest BCUT2D eigenvalue weighted by Gasteiger charge is -2.36. The maximum Gasteiger partial charge on any atom is 0.305 e. The molecule has 0 amide bonds. The zero-order valence-electron chi connectivity index (χ0n) is 23.6. The molecule has 0 spiro atoms. The molecule has 3 aliphatic rings. The first-order valence-electron chi connectivity index (χ1n) is 14.1. The molecule has 2 aliphatic heterocycles. The molecule has 1 aromatic carbocycles. The monoisotopic (exact) mass is 627 g/mol. The Morgan fingerprint density at radius 1 is 1.07 bits per heavy atom.